The Morgan fingerprint density at radius 1 is 0.253 bits per heavy atom. The summed E-state index contributed by atoms with van der Waals surface area (Å²) >= 11 is 0. The molecule has 0 saturated carbocycles. The molecule has 4 N–H and O–H groups in total. The molecule has 0 aliphatic heterocycles. The number of para-hydroxylation sites is 1. The van der Waals surface area contributed by atoms with Crippen LogP contribution in [0.3, 0.4) is 0 Å². The number of aromatic nitrogens is 1. The lowest BCUT2D eigenvalue weighted by Gasteiger charge is -2.31. The standard InChI is InChI=1S/C74H53N5/c75-63-42-46-69(73(54-28-10-3-11-29-54)71(63)52-24-6-1-7-25-52)78(65-38-20-32-50-22-16-18-36-59(50)65)57-40-44-67-61(48-57)62-49-58(41-45-68(62)77(67)56-34-14-5-15-35-56)79(66-39-21-33-51-23-17-19-37-60(51)66)70-47-43-64(76)72(53-26-8-2-9-27-53)74(70)55-30-12-4-13-31-55/h1-49H,75-76H2. The SMILES string of the molecule is Nc1ccc(N(c2ccc3c(c2)c2cc(N(c4ccc(N)c(-c5ccccc5)c4-c4ccccc4)c4cccc5ccccc45)ccc2n3-c2ccccc2)c2cccc3ccccc23)c(-c2ccccc2)c1-c1ccccc1. The molecular formula is C74H53N5. The van der Waals surface area contributed by atoms with Crippen LogP contribution in [0.4, 0.5) is 45.5 Å². The second-order valence-corrected chi connectivity index (χ2v) is 20.1. The number of hydrogen-bond acceptors (Lipinski definition) is 4. The van der Waals surface area contributed by atoms with Gasteiger partial charge in [-0.05, 0) is 118 Å². The average Bonchev–Trinajstić information content (AvgIpc) is 4.13. The molecule has 0 fully saturated rings. The van der Waals surface area contributed by atoms with Crippen LogP contribution in [0.2, 0.25) is 0 Å². The fraction of sp³-hybridized carbons (Fsp3) is 0. The first-order valence-corrected chi connectivity index (χ1v) is 26.8. The largest absolute Gasteiger partial charge is 0.398 e. The summed E-state index contributed by atoms with van der Waals surface area (Å²) in [4.78, 5) is 4.89. The highest BCUT2D eigenvalue weighted by molar-refractivity contribution is 6.14. The summed E-state index contributed by atoms with van der Waals surface area (Å²) in [5.41, 5.74) is 33.4. The maximum Gasteiger partial charge on any atom is 0.0548 e. The molecule has 0 unspecified atom stereocenters. The Morgan fingerprint density at radius 2 is 0.595 bits per heavy atom. The Hall–Kier alpha value is -10.6. The monoisotopic (exact) mass is 1010 g/mol. The van der Waals surface area contributed by atoms with Gasteiger partial charge in [-0.1, -0.05) is 212 Å². The van der Waals surface area contributed by atoms with Crippen molar-refractivity contribution in [2.75, 3.05) is 21.3 Å². The third kappa shape index (κ3) is 8.20. The minimum Gasteiger partial charge on any atom is -0.398 e. The molecule has 0 saturated heterocycles. The minimum absolute atomic E-state index is 0.712. The van der Waals surface area contributed by atoms with Crippen molar-refractivity contribution < 1.29 is 0 Å². The van der Waals surface area contributed by atoms with Crippen LogP contribution in [-0.4, -0.2) is 4.57 Å². The van der Waals surface area contributed by atoms with Gasteiger partial charge in [-0.15, -0.1) is 0 Å². The maximum atomic E-state index is 7.13. The number of rotatable bonds is 11. The van der Waals surface area contributed by atoms with E-state index < -0.39 is 0 Å². The van der Waals surface area contributed by atoms with Crippen LogP contribution in [0.5, 0.6) is 0 Å². The topological polar surface area (TPSA) is 63.4 Å². The summed E-state index contributed by atoms with van der Waals surface area (Å²) in [6.07, 6.45) is 0. The fourth-order valence-corrected chi connectivity index (χ4v) is 12.0. The van der Waals surface area contributed by atoms with Gasteiger partial charge in [-0.2, -0.15) is 0 Å². The molecule has 0 bridgehead atoms. The molecular weight excluding hydrogens is 959 g/mol. The number of nitrogens with two attached hydrogens (primary N) is 2. The normalized spacial score (nSPS) is 11.4. The highest BCUT2D eigenvalue weighted by Crippen LogP contribution is 2.52. The van der Waals surface area contributed by atoms with Crippen molar-refractivity contribution in [2.24, 2.45) is 0 Å². The van der Waals surface area contributed by atoms with Crippen molar-refractivity contribution in [1.82, 2.24) is 4.57 Å². The van der Waals surface area contributed by atoms with E-state index >= 15 is 0 Å². The fourth-order valence-electron chi connectivity index (χ4n) is 12.0. The number of fused-ring (bicyclic) bond motifs is 5. The quantitative estimate of drug-likeness (QED) is 0.127. The first kappa shape index (κ1) is 46.9. The van der Waals surface area contributed by atoms with E-state index in [2.05, 4.69) is 312 Å². The molecule has 0 amide bonds. The molecule has 1 aromatic heterocycles. The molecule has 5 heteroatoms. The molecule has 0 atom stereocenters. The third-order valence-corrected chi connectivity index (χ3v) is 15.4. The molecule has 5 nitrogen and oxygen atoms in total. The summed E-state index contributed by atoms with van der Waals surface area (Å²) in [6.45, 7) is 0. The summed E-state index contributed by atoms with van der Waals surface area (Å²) in [5, 5.41) is 6.78. The lowest BCUT2D eigenvalue weighted by Crippen LogP contribution is -2.13. The van der Waals surface area contributed by atoms with Crippen LogP contribution in [0.15, 0.2) is 297 Å². The minimum atomic E-state index is 0.712. The van der Waals surface area contributed by atoms with Crippen molar-refractivity contribution in [3.05, 3.63) is 297 Å². The van der Waals surface area contributed by atoms with Gasteiger partial charge in [0.05, 0.1) is 33.8 Å². The zero-order chi connectivity index (χ0) is 52.8. The number of hydrogen-bond donors (Lipinski definition) is 2. The van der Waals surface area contributed by atoms with Crippen LogP contribution in [0, 0.1) is 0 Å². The zero-order valence-corrected chi connectivity index (χ0v) is 43.3. The van der Waals surface area contributed by atoms with Gasteiger partial charge in [0.15, 0.2) is 0 Å². The molecule has 1 heterocycles. The van der Waals surface area contributed by atoms with Gasteiger partial charge in [0, 0.05) is 72.2 Å². The highest BCUT2D eigenvalue weighted by Gasteiger charge is 2.27. The first-order valence-electron chi connectivity index (χ1n) is 26.8. The number of anilines is 8. The van der Waals surface area contributed by atoms with E-state index in [1.165, 1.54) is 0 Å². The van der Waals surface area contributed by atoms with E-state index in [1.54, 1.807) is 0 Å². The van der Waals surface area contributed by atoms with Crippen molar-refractivity contribution in [3.8, 4) is 50.2 Å². The van der Waals surface area contributed by atoms with Gasteiger partial charge in [-0.25, -0.2) is 0 Å². The maximum absolute atomic E-state index is 7.13. The van der Waals surface area contributed by atoms with Gasteiger partial charge < -0.3 is 25.8 Å². The second kappa shape index (κ2) is 19.8. The Kier molecular flexibility index (Phi) is 11.8. The Labute approximate surface area is 459 Å². The molecule has 0 spiro atoms. The van der Waals surface area contributed by atoms with Gasteiger partial charge >= 0.3 is 0 Å². The van der Waals surface area contributed by atoms with Crippen LogP contribution >= 0.6 is 0 Å². The van der Waals surface area contributed by atoms with E-state index in [0.717, 1.165) is 128 Å². The van der Waals surface area contributed by atoms with Gasteiger partial charge in [0.25, 0.3) is 0 Å². The lowest BCUT2D eigenvalue weighted by atomic mass is 9.90. The van der Waals surface area contributed by atoms with Crippen molar-refractivity contribution >= 4 is 88.8 Å². The van der Waals surface area contributed by atoms with Crippen LogP contribution < -0.4 is 21.3 Å². The van der Waals surface area contributed by atoms with E-state index in [1.807, 2.05) is 0 Å². The Balaban J connectivity index is 1.08. The van der Waals surface area contributed by atoms with Gasteiger partial charge in [0.2, 0.25) is 0 Å². The highest BCUT2D eigenvalue weighted by atomic mass is 15.2. The molecule has 14 rings (SSSR count). The molecule has 0 aliphatic carbocycles. The predicted molar refractivity (Wildman–Crippen MR) is 336 cm³/mol. The predicted octanol–water partition coefficient (Wildman–Crippen LogP) is 19.9. The molecule has 14 aromatic rings. The van der Waals surface area contributed by atoms with Crippen molar-refractivity contribution in [3.63, 3.8) is 0 Å². The van der Waals surface area contributed by atoms with Crippen molar-refractivity contribution in [1.29, 1.82) is 0 Å². The average molecular weight is 1010 g/mol. The first-order chi connectivity index (χ1) is 39.1. The summed E-state index contributed by atoms with van der Waals surface area (Å²) < 4.78 is 2.40. The molecule has 13 aromatic carbocycles. The second-order valence-electron chi connectivity index (χ2n) is 20.1. The number of nitrogens with zero attached hydrogens (tertiary/aromatic N) is 3. The zero-order valence-electron chi connectivity index (χ0n) is 43.3. The number of nitrogen functional groups attached to an aromatic ring is 2. The molecule has 0 radical (unpaired) electrons. The Bertz CT molecular complexity index is 4270. The van der Waals surface area contributed by atoms with Crippen LogP contribution in [0.1, 0.15) is 0 Å². The van der Waals surface area contributed by atoms with Crippen LogP contribution in [0.25, 0.3) is 93.5 Å². The molecule has 374 valence electrons. The van der Waals surface area contributed by atoms with Gasteiger partial charge in [-0.3, -0.25) is 0 Å². The lowest BCUT2D eigenvalue weighted by molar-refractivity contribution is 1.18. The smallest absolute Gasteiger partial charge is 0.0548 e. The van der Waals surface area contributed by atoms with Crippen molar-refractivity contribution in [2.45, 2.75) is 0 Å². The van der Waals surface area contributed by atoms with E-state index in [0.29, 0.717) is 11.4 Å². The third-order valence-electron chi connectivity index (χ3n) is 15.4. The van der Waals surface area contributed by atoms with E-state index in [9.17, 15) is 0 Å². The van der Waals surface area contributed by atoms with E-state index in [-0.39, 0.29) is 0 Å². The molecule has 0 aliphatic rings. The molecule has 79 heavy (non-hydrogen) atoms. The van der Waals surface area contributed by atoms with Gasteiger partial charge in [0.1, 0.15) is 0 Å². The Morgan fingerprint density at radius 3 is 1.00 bits per heavy atom. The number of benzene rings is 13. The van der Waals surface area contributed by atoms with Crippen LogP contribution in [-0.2, 0) is 0 Å². The summed E-state index contributed by atoms with van der Waals surface area (Å²) in [6, 6.07) is 106. The summed E-state index contributed by atoms with van der Waals surface area (Å²) in [5.74, 6) is 0. The van der Waals surface area contributed by atoms with E-state index in [4.69, 9.17) is 11.5 Å². The summed E-state index contributed by atoms with van der Waals surface area (Å²) in [7, 11) is 0.